The van der Waals surface area contributed by atoms with E-state index in [1.807, 2.05) is 6.92 Å². The minimum absolute atomic E-state index is 0. The number of carbonyl (C=O) groups is 3. The van der Waals surface area contributed by atoms with Gasteiger partial charge >= 0.3 is 29.6 Å². The van der Waals surface area contributed by atoms with Crippen molar-refractivity contribution in [1.82, 2.24) is 20.2 Å². The van der Waals surface area contributed by atoms with Gasteiger partial charge in [-0.3, -0.25) is 14.5 Å². The van der Waals surface area contributed by atoms with E-state index in [0.717, 1.165) is 26.8 Å². The number of hydrogen-bond donors (Lipinski definition) is 2. The second-order valence-corrected chi connectivity index (χ2v) is 9.73. The summed E-state index contributed by atoms with van der Waals surface area (Å²) in [5.41, 5.74) is 8.45. The number of carbonyl (C=O) groups excluding carboxylic acids is 3. The molecule has 3 N–H and O–H groups in total. The number of aryl methyl sites for hydroxylation is 1. The van der Waals surface area contributed by atoms with Crippen molar-refractivity contribution >= 4 is 69.1 Å². The molecule has 2 aliphatic heterocycles. The summed E-state index contributed by atoms with van der Waals surface area (Å²) in [6, 6.07) is -0.941. The number of nitrogens with zero attached hydrogens (tertiary/aromatic N) is 4. The van der Waals surface area contributed by atoms with Gasteiger partial charge in [0.1, 0.15) is 24.2 Å². The third-order valence-electron chi connectivity index (χ3n) is 4.86. The van der Waals surface area contributed by atoms with Gasteiger partial charge in [0.25, 0.3) is 11.8 Å². The average Bonchev–Trinajstić information content (AvgIpc) is 3.40. The maximum absolute atomic E-state index is 12.8. The average molecular weight is 529 g/mol. The zero-order chi connectivity index (χ0) is 23.7. The molecule has 0 unspecified atom stereocenters. The van der Waals surface area contributed by atoms with Crippen LogP contribution in [0.15, 0.2) is 33.4 Å². The molecule has 2 aromatic rings. The molecule has 1 fully saturated rings. The molecule has 15 heteroatoms. The normalized spacial score (nSPS) is 20.0. The number of hydrogen-bond acceptors (Lipinski definition) is 12. The van der Waals surface area contributed by atoms with E-state index in [4.69, 9.17) is 10.6 Å². The number of nitrogens with two attached hydrogens (primary N) is 1. The van der Waals surface area contributed by atoms with Crippen molar-refractivity contribution in [2.75, 3.05) is 18.6 Å². The summed E-state index contributed by atoms with van der Waals surface area (Å²) in [5.74, 6) is -2.39. The van der Waals surface area contributed by atoms with Gasteiger partial charge in [0, 0.05) is 16.0 Å². The molecule has 0 bridgehead atoms. The summed E-state index contributed by atoms with van der Waals surface area (Å²) in [5, 5.41) is 19.4. The third kappa shape index (κ3) is 5.06. The van der Waals surface area contributed by atoms with Crippen LogP contribution in [0.4, 0.5) is 5.13 Å². The van der Waals surface area contributed by atoms with Crippen molar-refractivity contribution in [2.45, 2.75) is 18.3 Å². The van der Waals surface area contributed by atoms with Crippen LogP contribution >= 0.6 is 34.4 Å². The van der Waals surface area contributed by atoms with Crippen molar-refractivity contribution in [1.29, 1.82) is 0 Å². The molecule has 34 heavy (non-hydrogen) atoms. The van der Waals surface area contributed by atoms with Crippen molar-refractivity contribution in [3.63, 3.8) is 0 Å². The van der Waals surface area contributed by atoms with Crippen LogP contribution < -0.4 is 45.7 Å². The second-order valence-electron chi connectivity index (χ2n) is 6.85. The van der Waals surface area contributed by atoms with E-state index in [1.165, 1.54) is 35.6 Å². The molecular weight excluding hydrogens is 511 g/mol. The minimum Gasteiger partial charge on any atom is -0.543 e. The first kappa shape index (κ1) is 26.4. The molecule has 172 valence electrons. The van der Waals surface area contributed by atoms with Crippen LogP contribution in [0.2, 0.25) is 0 Å². The minimum atomic E-state index is -1.46. The number of carboxylic acid groups (broad SMARTS) is 1. The first-order valence-corrected chi connectivity index (χ1v) is 12.2. The molecule has 1 saturated heterocycles. The van der Waals surface area contributed by atoms with Gasteiger partial charge in [0.2, 0.25) is 0 Å². The van der Waals surface area contributed by atoms with E-state index < -0.39 is 29.2 Å². The van der Waals surface area contributed by atoms with Gasteiger partial charge in [-0.2, -0.15) is 0 Å². The van der Waals surface area contributed by atoms with Gasteiger partial charge in [-0.05, 0) is 18.6 Å². The van der Waals surface area contributed by atoms with Gasteiger partial charge in [0.15, 0.2) is 10.8 Å². The molecular formula is C19H17N6NaO5S3. The fraction of sp³-hybridized carbons (Fsp3) is 0.263. The van der Waals surface area contributed by atoms with Crippen molar-refractivity contribution < 1.29 is 53.9 Å². The Morgan fingerprint density at radius 2 is 2.15 bits per heavy atom. The molecule has 2 aliphatic rings. The van der Waals surface area contributed by atoms with E-state index in [0.29, 0.717) is 11.3 Å². The number of thioether (sulfide) groups is 1. The van der Waals surface area contributed by atoms with Gasteiger partial charge in [-0.1, -0.05) is 11.2 Å². The largest absolute Gasteiger partial charge is 1.00 e. The second kappa shape index (κ2) is 11.0. The molecule has 0 saturated carbocycles. The molecule has 2 atom stereocenters. The standard InChI is InChI=1S/C19H18N6O5S3.Na/c1-8-11(33-7-21-8)4-3-9-5-31-17-13(16(27)25(17)14(9)18(28)29)23-15(26)12(24-30-2)10-6-32-19(20)22-10;/h3-4,6-7,13,17H,5H2,1-2H3,(H2,20,22)(H,23,26)(H,28,29);/q;+1/p-1/b4-3+,24-12+;/t13-,17-;/m1./s1. The summed E-state index contributed by atoms with van der Waals surface area (Å²) in [6.45, 7) is 1.85. The Morgan fingerprint density at radius 3 is 2.74 bits per heavy atom. The summed E-state index contributed by atoms with van der Waals surface area (Å²) in [7, 11) is 1.27. The summed E-state index contributed by atoms with van der Waals surface area (Å²) in [4.78, 5) is 52.4. The van der Waals surface area contributed by atoms with E-state index in [2.05, 4.69) is 20.4 Å². The summed E-state index contributed by atoms with van der Waals surface area (Å²) >= 11 is 3.89. The van der Waals surface area contributed by atoms with Crippen LogP contribution in [0.3, 0.4) is 0 Å². The van der Waals surface area contributed by atoms with Crippen LogP contribution in [0.25, 0.3) is 6.08 Å². The van der Waals surface area contributed by atoms with Gasteiger partial charge < -0.3 is 25.8 Å². The Morgan fingerprint density at radius 1 is 1.38 bits per heavy atom. The Bertz CT molecular complexity index is 1220. The quantitative estimate of drug-likeness (QED) is 0.165. The van der Waals surface area contributed by atoms with E-state index in [1.54, 1.807) is 17.7 Å². The van der Waals surface area contributed by atoms with Crippen LogP contribution in [0.1, 0.15) is 16.3 Å². The number of thiazole rings is 2. The number of nitrogen functional groups attached to an aromatic ring is 1. The number of anilines is 1. The number of fused-ring (bicyclic) bond motifs is 1. The SMILES string of the molecule is CO/N=C(/C(=O)N[C@@H]1C(=O)N2C(C(=O)[O-])=C(/C=C/c3scnc3C)CS[C@H]12)c1csc(N)n1.[Na+]. The van der Waals surface area contributed by atoms with Crippen molar-refractivity contribution in [3.05, 3.63) is 44.5 Å². The third-order valence-corrected chi connectivity index (χ3v) is 7.73. The predicted octanol–water partition coefficient (Wildman–Crippen LogP) is -3.04. The molecule has 0 aliphatic carbocycles. The Labute approximate surface area is 228 Å². The fourth-order valence-electron chi connectivity index (χ4n) is 3.31. The first-order chi connectivity index (χ1) is 15.8. The Kier molecular flexibility index (Phi) is 8.54. The van der Waals surface area contributed by atoms with Crippen molar-refractivity contribution in [3.8, 4) is 0 Å². The van der Waals surface area contributed by atoms with E-state index in [9.17, 15) is 19.5 Å². The number of amides is 2. The number of allylic oxidation sites excluding steroid dienone is 1. The van der Waals surface area contributed by atoms with Gasteiger partial charge in [-0.15, -0.1) is 34.4 Å². The molecule has 4 rings (SSSR count). The number of carboxylic acids is 1. The Balaban J connectivity index is 0.00000324. The van der Waals surface area contributed by atoms with Gasteiger partial charge in [0.05, 0.1) is 22.9 Å². The zero-order valence-corrected chi connectivity index (χ0v) is 22.8. The van der Waals surface area contributed by atoms with Crippen LogP contribution in [0.5, 0.6) is 0 Å². The molecule has 0 aromatic carbocycles. The number of rotatable bonds is 7. The number of aliphatic carboxylic acids is 1. The summed E-state index contributed by atoms with van der Waals surface area (Å²) < 4.78 is 0. The number of β-lactam (4-membered cyclic amide) rings is 1. The van der Waals surface area contributed by atoms with Crippen LogP contribution in [-0.2, 0) is 19.2 Å². The van der Waals surface area contributed by atoms with E-state index >= 15 is 0 Å². The maximum Gasteiger partial charge on any atom is 1.00 e. The van der Waals surface area contributed by atoms with E-state index in [-0.39, 0.29) is 51.8 Å². The topological polar surface area (TPSA) is 163 Å². The Hall–Kier alpha value is -2.23. The maximum atomic E-state index is 12.8. The monoisotopic (exact) mass is 528 g/mol. The molecule has 0 spiro atoms. The zero-order valence-electron chi connectivity index (χ0n) is 18.3. The molecule has 2 amide bonds. The molecule has 0 radical (unpaired) electrons. The van der Waals surface area contributed by atoms with Crippen molar-refractivity contribution in [2.24, 2.45) is 5.16 Å². The predicted molar refractivity (Wildman–Crippen MR) is 123 cm³/mol. The number of nitrogens with one attached hydrogen (secondary N) is 1. The number of oxime groups is 1. The van der Waals surface area contributed by atoms with Crippen LogP contribution in [0, 0.1) is 6.92 Å². The molecule has 2 aromatic heterocycles. The molecule has 11 nitrogen and oxygen atoms in total. The van der Waals surface area contributed by atoms with Crippen LogP contribution in [-0.4, -0.2) is 62.6 Å². The first-order valence-electron chi connectivity index (χ1n) is 9.42. The molecule has 4 heterocycles. The summed E-state index contributed by atoms with van der Waals surface area (Å²) in [6.07, 6.45) is 3.42. The number of aromatic nitrogens is 2. The smallest absolute Gasteiger partial charge is 0.543 e. The fourth-order valence-corrected chi connectivity index (χ4v) is 5.87. The van der Waals surface area contributed by atoms with Gasteiger partial charge in [-0.25, -0.2) is 9.97 Å².